The molecule has 0 bridgehead atoms. The monoisotopic (exact) mass is 369 g/mol. The second-order valence-electron chi connectivity index (χ2n) is 5.92. The molecule has 2 amide bonds. The van der Waals surface area contributed by atoms with Crippen LogP contribution in [0.3, 0.4) is 0 Å². The lowest BCUT2D eigenvalue weighted by Gasteiger charge is -2.13. The molecule has 132 valence electrons. The zero-order chi connectivity index (χ0) is 18.1. The maximum absolute atomic E-state index is 12.3. The predicted octanol–water partition coefficient (Wildman–Crippen LogP) is 2.64. The number of carbonyl (C=O) groups is 2. The summed E-state index contributed by atoms with van der Waals surface area (Å²) in [7, 11) is 0. The van der Waals surface area contributed by atoms with E-state index >= 15 is 0 Å². The molecule has 4 rings (SSSR count). The summed E-state index contributed by atoms with van der Waals surface area (Å²) in [6.07, 6.45) is 1.21. The fraction of sp³-hybridized carbons (Fsp3) is 0.222. The molecule has 0 spiro atoms. The third kappa shape index (κ3) is 2.78. The summed E-state index contributed by atoms with van der Waals surface area (Å²) in [5, 5.41) is 5.74. The van der Waals surface area contributed by atoms with E-state index in [1.807, 2.05) is 17.5 Å². The Morgan fingerprint density at radius 1 is 0.923 bits per heavy atom. The van der Waals surface area contributed by atoms with Gasteiger partial charge in [0.2, 0.25) is 0 Å². The maximum atomic E-state index is 12.3. The Morgan fingerprint density at radius 3 is 2.27 bits per heavy atom. The Hall–Kier alpha value is -3.00. The Labute approximate surface area is 152 Å². The third-order valence-corrected chi connectivity index (χ3v) is 5.19. The van der Waals surface area contributed by atoms with Crippen molar-refractivity contribution in [3.63, 3.8) is 0 Å². The van der Waals surface area contributed by atoms with Crippen molar-refractivity contribution in [2.45, 2.75) is 19.4 Å². The van der Waals surface area contributed by atoms with E-state index in [1.165, 1.54) is 20.8 Å². The van der Waals surface area contributed by atoms with Crippen LogP contribution in [0.4, 0.5) is 0 Å². The van der Waals surface area contributed by atoms with Gasteiger partial charge in [-0.15, -0.1) is 11.3 Å². The Kier molecular flexibility index (Phi) is 4.26. The first-order valence-corrected chi connectivity index (χ1v) is 9.10. The number of thiophene rings is 1. The summed E-state index contributed by atoms with van der Waals surface area (Å²) in [6, 6.07) is 10.6. The van der Waals surface area contributed by atoms with E-state index in [-0.39, 0.29) is 11.8 Å². The van der Waals surface area contributed by atoms with E-state index in [4.69, 9.17) is 4.52 Å². The Balaban J connectivity index is 1.39. The number of amides is 2. The van der Waals surface area contributed by atoms with Gasteiger partial charge in [0.25, 0.3) is 11.8 Å². The summed E-state index contributed by atoms with van der Waals surface area (Å²) in [5.74, 6) is -0.515. The Morgan fingerprint density at radius 2 is 1.62 bits per heavy atom. The average Bonchev–Trinajstić information content (AvgIpc) is 3.35. The number of carbonyl (C=O) groups excluding carboxylic acids is 2. The third-order valence-electron chi connectivity index (χ3n) is 4.32. The molecule has 0 radical (unpaired) electrons. The number of unbranched alkanes of at least 4 members (excludes halogenated alkanes) is 1. The molecule has 3 heterocycles. The van der Waals surface area contributed by atoms with Crippen molar-refractivity contribution >= 4 is 23.2 Å². The van der Waals surface area contributed by atoms with Crippen molar-refractivity contribution < 1.29 is 14.1 Å². The summed E-state index contributed by atoms with van der Waals surface area (Å²) in [4.78, 5) is 38.6. The minimum Gasteiger partial charge on any atom is -0.295 e. The van der Waals surface area contributed by atoms with Crippen LogP contribution in [-0.2, 0) is 6.54 Å². The number of imide groups is 1. The molecule has 8 heteroatoms. The number of rotatable bonds is 6. The van der Waals surface area contributed by atoms with Gasteiger partial charge in [0.1, 0.15) is 0 Å². The zero-order valence-electron chi connectivity index (χ0n) is 13.8. The molecule has 26 heavy (non-hydrogen) atoms. The van der Waals surface area contributed by atoms with Gasteiger partial charge in [-0.1, -0.05) is 23.4 Å². The van der Waals surface area contributed by atoms with E-state index in [2.05, 4.69) is 5.16 Å². The van der Waals surface area contributed by atoms with Crippen molar-refractivity contribution in [1.82, 2.24) is 14.6 Å². The number of nitrogens with zero attached hydrogens (tertiary/aromatic N) is 3. The molecule has 0 fully saturated rings. The molecule has 0 aliphatic carbocycles. The molecule has 0 atom stereocenters. The highest BCUT2D eigenvalue weighted by molar-refractivity contribution is 7.13. The van der Waals surface area contributed by atoms with Gasteiger partial charge in [-0.05, 0) is 36.4 Å². The van der Waals surface area contributed by atoms with Crippen LogP contribution < -0.4 is 5.76 Å². The van der Waals surface area contributed by atoms with Gasteiger partial charge in [0, 0.05) is 13.1 Å². The van der Waals surface area contributed by atoms with E-state index in [1.54, 1.807) is 24.3 Å². The van der Waals surface area contributed by atoms with Gasteiger partial charge in [0.05, 0.1) is 16.0 Å². The van der Waals surface area contributed by atoms with Crippen LogP contribution >= 0.6 is 11.3 Å². The first-order chi connectivity index (χ1) is 12.7. The largest absolute Gasteiger partial charge is 0.441 e. The van der Waals surface area contributed by atoms with Crippen LogP contribution in [0.25, 0.3) is 10.7 Å². The molecule has 1 aliphatic rings. The fourth-order valence-electron chi connectivity index (χ4n) is 3.03. The first kappa shape index (κ1) is 16.5. The molecule has 3 aromatic rings. The molecule has 0 saturated carbocycles. The van der Waals surface area contributed by atoms with Crippen LogP contribution in [0.15, 0.2) is 51.1 Å². The van der Waals surface area contributed by atoms with Crippen molar-refractivity contribution in [3.05, 3.63) is 63.5 Å². The number of fused-ring (bicyclic) bond motifs is 1. The minimum atomic E-state index is -0.505. The molecule has 0 unspecified atom stereocenters. The summed E-state index contributed by atoms with van der Waals surface area (Å²) in [6.45, 7) is 0.736. The quantitative estimate of drug-likeness (QED) is 0.492. The van der Waals surface area contributed by atoms with E-state index in [0.29, 0.717) is 42.9 Å². The standard InChI is InChI=1S/C18H15N3O4S/c22-16-12-6-1-2-7-13(12)17(23)21(16)10-4-3-9-20-15(19-25-18(20)24)14-8-5-11-26-14/h1-2,5-8,11H,3-4,9-10H2. The van der Waals surface area contributed by atoms with Crippen molar-refractivity contribution in [3.8, 4) is 10.7 Å². The van der Waals surface area contributed by atoms with Crippen LogP contribution in [-0.4, -0.2) is 33.0 Å². The van der Waals surface area contributed by atoms with Gasteiger partial charge < -0.3 is 0 Å². The van der Waals surface area contributed by atoms with E-state index in [9.17, 15) is 14.4 Å². The van der Waals surface area contributed by atoms with Crippen molar-refractivity contribution in [2.24, 2.45) is 0 Å². The number of benzene rings is 1. The lowest BCUT2D eigenvalue weighted by molar-refractivity contribution is 0.0651. The zero-order valence-corrected chi connectivity index (χ0v) is 14.6. The summed E-state index contributed by atoms with van der Waals surface area (Å²) >= 11 is 1.48. The lowest BCUT2D eigenvalue weighted by Crippen LogP contribution is -2.31. The van der Waals surface area contributed by atoms with E-state index in [0.717, 1.165) is 4.88 Å². The molecule has 1 aromatic carbocycles. The van der Waals surface area contributed by atoms with Gasteiger partial charge in [-0.3, -0.25) is 23.6 Å². The fourth-order valence-corrected chi connectivity index (χ4v) is 3.74. The highest BCUT2D eigenvalue weighted by Crippen LogP contribution is 2.24. The second-order valence-corrected chi connectivity index (χ2v) is 6.86. The molecular formula is C18H15N3O4S. The normalized spacial score (nSPS) is 13.5. The first-order valence-electron chi connectivity index (χ1n) is 8.22. The van der Waals surface area contributed by atoms with E-state index < -0.39 is 5.76 Å². The lowest BCUT2D eigenvalue weighted by atomic mass is 10.1. The molecule has 0 saturated heterocycles. The molecule has 0 N–H and O–H groups in total. The van der Waals surface area contributed by atoms with Crippen molar-refractivity contribution in [1.29, 1.82) is 0 Å². The maximum Gasteiger partial charge on any atom is 0.441 e. The van der Waals surface area contributed by atoms with Gasteiger partial charge in [0.15, 0.2) is 5.82 Å². The Bertz CT molecular complexity index is 984. The molecule has 1 aliphatic heterocycles. The molecular weight excluding hydrogens is 354 g/mol. The minimum absolute atomic E-state index is 0.257. The topological polar surface area (TPSA) is 85.4 Å². The number of hydrogen-bond acceptors (Lipinski definition) is 6. The SMILES string of the molecule is O=C1c2ccccc2C(=O)N1CCCCn1c(-c2cccs2)noc1=O. The van der Waals surface area contributed by atoms with Crippen LogP contribution in [0.1, 0.15) is 33.6 Å². The van der Waals surface area contributed by atoms with Crippen LogP contribution in [0.5, 0.6) is 0 Å². The highest BCUT2D eigenvalue weighted by Gasteiger charge is 2.34. The molecule has 2 aromatic heterocycles. The van der Waals surface area contributed by atoms with Gasteiger partial charge in [-0.25, -0.2) is 4.79 Å². The summed E-state index contributed by atoms with van der Waals surface area (Å²) in [5.41, 5.74) is 0.903. The second kappa shape index (κ2) is 6.72. The van der Waals surface area contributed by atoms with Crippen LogP contribution in [0.2, 0.25) is 0 Å². The summed E-state index contributed by atoms with van der Waals surface area (Å²) < 4.78 is 6.25. The molecule has 7 nitrogen and oxygen atoms in total. The number of aromatic nitrogens is 2. The van der Waals surface area contributed by atoms with Crippen LogP contribution in [0, 0.1) is 0 Å². The van der Waals surface area contributed by atoms with Crippen molar-refractivity contribution in [2.75, 3.05) is 6.54 Å². The smallest absolute Gasteiger partial charge is 0.295 e. The van der Waals surface area contributed by atoms with Gasteiger partial charge in [-0.2, -0.15) is 0 Å². The average molecular weight is 369 g/mol. The highest BCUT2D eigenvalue weighted by atomic mass is 32.1. The van der Waals surface area contributed by atoms with Gasteiger partial charge >= 0.3 is 5.76 Å². The number of hydrogen-bond donors (Lipinski definition) is 0. The predicted molar refractivity (Wildman–Crippen MR) is 95.1 cm³/mol.